The largest absolute Gasteiger partial charge is 0.339 e. The van der Waals surface area contributed by atoms with Gasteiger partial charge < -0.3 is 15.5 Å². The minimum absolute atomic E-state index is 0.00450. The number of nitrogens with zero attached hydrogens (tertiary/aromatic N) is 3. The molecule has 0 bridgehead atoms. The Morgan fingerprint density at radius 1 is 1.31 bits per heavy atom. The molecule has 168 valence electrons. The van der Waals surface area contributed by atoms with Crippen LogP contribution >= 0.6 is 0 Å². The van der Waals surface area contributed by atoms with Crippen molar-refractivity contribution < 1.29 is 14.5 Å². The van der Waals surface area contributed by atoms with Crippen LogP contribution in [-0.4, -0.2) is 39.3 Å². The highest BCUT2D eigenvalue weighted by atomic mass is 16.6. The second-order valence-electron chi connectivity index (χ2n) is 7.97. The molecule has 0 radical (unpaired) electrons. The van der Waals surface area contributed by atoms with E-state index in [2.05, 4.69) is 27.5 Å². The quantitative estimate of drug-likeness (QED) is 0.477. The molecule has 2 amide bonds. The SMILES string of the molecule is CC[C@H]1CCCCN1c1nc2c(c(=O)[nH]1)[C@H](C(=O)Nc1ccccc1[N+](=O)[O-])CC(=O)N2. The van der Waals surface area contributed by atoms with Crippen molar-refractivity contribution in [1.29, 1.82) is 0 Å². The molecule has 32 heavy (non-hydrogen) atoms. The summed E-state index contributed by atoms with van der Waals surface area (Å²) in [6.45, 7) is 2.82. The fourth-order valence-electron chi connectivity index (χ4n) is 4.38. The number of H-pyrrole nitrogens is 1. The Balaban J connectivity index is 1.68. The van der Waals surface area contributed by atoms with E-state index in [4.69, 9.17) is 0 Å². The normalized spacial score (nSPS) is 20.3. The first-order chi connectivity index (χ1) is 15.4. The van der Waals surface area contributed by atoms with Crippen LogP contribution < -0.4 is 21.1 Å². The van der Waals surface area contributed by atoms with Gasteiger partial charge in [-0.3, -0.25) is 29.5 Å². The van der Waals surface area contributed by atoms with Gasteiger partial charge in [0, 0.05) is 25.1 Å². The fraction of sp³-hybridized carbons (Fsp3) is 0.429. The van der Waals surface area contributed by atoms with Crippen molar-refractivity contribution >= 4 is 35.0 Å². The summed E-state index contributed by atoms with van der Waals surface area (Å²) in [4.78, 5) is 58.2. The summed E-state index contributed by atoms with van der Waals surface area (Å²) in [5, 5.41) is 16.3. The van der Waals surface area contributed by atoms with Gasteiger partial charge in [-0.15, -0.1) is 0 Å². The molecule has 2 aliphatic rings. The van der Waals surface area contributed by atoms with Crippen molar-refractivity contribution in [2.24, 2.45) is 0 Å². The Morgan fingerprint density at radius 3 is 2.84 bits per heavy atom. The second-order valence-corrected chi connectivity index (χ2v) is 7.97. The number of hydrogen-bond acceptors (Lipinski definition) is 7. The van der Waals surface area contributed by atoms with Crippen LogP contribution in [0.25, 0.3) is 0 Å². The lowest BCUT2D eigenvalue weighted by atomic mass is 9.92. The van der Waals surface area contributed by atoms with Gasteiger partial charge in [0.05, 0.1) is 16.4 Å². The third-order valence-electron chi connectivity index (χ3n) is 5.98. The molecular formula is C21H24N6O5. The average molecular weight is 440 g/mol. The molecule has 11 heteroatoms. The van der Waals surface area contributed by atoms with E-state index in [1.165, 1.54) is 18.2 Å². The molecule has 1 fully saturated rings. The van der Waals surface area contributed by atoms with Crippen LogP contribution in [0.3, 0.4) is 0 Å². The molecule has 0 saturated carbocycles. The number of hydrogen-bond donors (Lipinski definition) is 3. The molecular weight excluding hydrogens is 416 g/mol. The number of benzene rings is 1. The highest BCUT2D eigenvalue weighted by Crippen LogP contribution is 2.33. The van der Waals surface area contributed by atoms with E-state index in [0.717, 1.165) is 32.2 Å². The number of para-hydroxylation sites is 2. The van der Waals surface area contributed by atoms with Gasteiger partial charge >= 0.3 is 0 Å². The topological polar surface area (TPSA) is 150 Å². The summed E-state index contributed by atoms with van der Waals surface area (Å²) in [5.74, 6) is -1.81. The molecule has 3 heterocycles. The van der Waals surface area contributed by atoms with Crippen molar-refractivity contribution in [3.63, 3.8) is 0 Å². The van der Waals surface area contributed by atoms with Crippen molar-refractivity contribution in [3.05, 3.63) is 50.3 Å². The van der Waals surface area contributed by atoms with Gasteiger partial charge in [0.2, 0.25) is 17.8 Å². The Hall–Kier alpha value is -3.76. The lowest BCUT2D eigenvalue weighted by Gasteiger charge is -2.36. The number of carbonyl (C=O) groups is 2. The van der Waals surface area contributed by atoms with Crippen LogP contribution in [0.5, 0.6) is 0 Å². The van der Waals surface area contributed by atoms with E-state index in [1.807, 2.05) is 4.90 Å². The van der Waals surface area contributed by atoms with Gasteiger partial charge in [0.1, 0.15) is 11.5 Å². The minimum Gasteiger partial charge on any atom is -0.339 e. The highest BCUT2D eigenvalue weighted by Gasteiger charge is 2.36. The maximum Gasteiger partial charge on any atom is 0.292 e. The Morgan fingerprint density at radius 2 is 2.09 bits per heavy atom. The smallest absolute Gasteiger partial charge is 0.292 e. The molecule has 1 aromatic heterocycles. The first kappa shape index (κ1) is 21.5. The predicted molar refractivity (Wildman–Crippen MR) is 118 cm³/mol. The Bertz CT molecular complexity index is 1130. The molecule has 3 N–H and O–H groups in total. The van der Waals surface area contributed by atoms with Gasteiger partial charge in [-0.2, -0.15) is 4.98 Å². The van der Waals surface area contributed by atoms with Crippen LogP contribution in [0, 0.1) is 10.1 Å². The van der Waals surface area contributed by atoms with Crippen molar-refractivity contribution in [2.75, 3.05) is 22.1 Å². The first-order valence-corrected chi connectivity index (χ1v) is 10.6. The molecule has 2 aliphatic heterocycles. The molecule has 2 atom stereocenters. The number of anilines is 3. The number of aromatic nitrogens is 2. The maximum absolute atomic E-state index is 13.0. The molecule has 0 unspecified atom stereocenters. The summed E-state index contributed by atoms with van der Waals surface area (Å²) in [5.41, 5.74) is -0.739. The van der Waals surface area contributed by atoms with E-state index >= 15 is 0 Å². The maximum atomic E-state index is 13.0. The second kappa shape index (κ2) is 8.77. The zero-order valence-corrected chi connectivity index (χ0v) is 17.6. The molecule has 11 nitrogen and oxygen atoms in total. The number of aromatic amines is 1. The number of fused-ring (bicyclic) bond motifs is 1. The van der Waals surface area contributed by atoms with Crippen molar-refractivity contribution in [3.8, 4) is 0 Å². The van der Waals surface area contributed by atoms with Crippen molar-refractivity contribution in [1.82, 2.24) is 9.97 Å². The zero-order chi connectivity index (χ0) is 22.8. The zero-order valence-electron chi connectivity index (χ0n) is 17.6. The summed E-state index contributed by atoms with van der Waals surface area (Å²) < 4.78 is 0. The Kier molecular flexibility index (Phi) is 5.89. The van der Waals surface area contributed by atoms with Crippen LogP contribution in [0.2, 0.25) is 0 Å². The van der Waals surface area contributed by atoms with Gasteiger partial charge in [-0.25, -0.2) is 0 Å². The fourth-order valence-corrected chi connectivity index (χ4v) is 4.38. The third kappa shape index (κ3) is 4.05. The van der Waals surface area contributed by atoms with Crippen LogP contribution in [-0.2, 0) is 9.59 Å². The van der Waals surface area contributed by atoms with Crippen LogP contribution in [0.4, 0.5) is 23.1 Å². The summed E-state index contributed by atoms with van der Waals surface area (Å²) in [6, 6.07) is 5.93. The molecule has 0 spiro atoms. The van der Waals surface area contributed by atoms with Crippen molar-refractivity contribution in [2.45, 2.75) is 51.0 Å². The average Bonchev–Trinajstić information content (AvgIpc) is 2.78. The van der Waals surface area contributed by atoms with E-state index in [-0.39, 0.29) is 35.2 Å². The number of piperidine rings is 1. The monoisotopic (exact) mass is 440 g/mol. The molecule has 0 aliphatic carbocycles. The van der Waals surface area contributed by atoms with Crippen LogP contribution in [0.15, 0.2) is 29.1 Å². The number of nitro benzene ring substituents is 1. The molecule has 2 aromatic rings. The summed E-state index contributed by atoms with van der Waals surface area (Å²) in [7, 11) is 0. The lowest BCUT2D eigenvalue weighted by molar-refractivity contribution is -0.383. The molecule has 1 aromatic carbocycles. The van der Waals surface area contributed by atoms with Gasteiger partial charge in [-0.05, 0) is 31.7 Å². The van der Waals surface area contributed by atoms with Gasteiger partial charge in [0.25, 0.3) is 11.2 Å². The molecule has 1 saturated heterocycles. The van der Waals surface area contributed by atoms with Crippen LogP contribution in [0.1, 0.15) is 50.5 Å². The molecule has 4 rings (SSSR count). The standard InChI is InChI=1S/C21H24N6O5/c1-2-12-7-5-6-10-26(12)21-24-18-17(20(30)25-21)13(11-16(28)23-18)19(29)22-14-8-3-4-9-15(14)27(31)32/h3-4,8-9,12-13H,2,5-7,10-11H2,1H3,(H,22,29)(H2,23,24,25,28,30)/t12-,13+/m0/s1. The van der Waals surface area contributed by atoms with Gasteiger partial charge in [-0.1, -0.05) is 19.1 Å². The number of amides is 2. The van der Waals surface area contributed by atoms with E-state index < -0.39 is 28.2 Å². The Labute approximate surface area is 183 Å². The number of nitrogens with one attached hydrogen (secondary N) is 3. The van der Waals surface area contributed by atoms with Gasteiger partial charge in [0.15, 0.2) is 0 Å². The summed E-state index contributed by atoms with van der Waals surface area (Å²) >= 11 is 0. The van der Waals surface area contributed by atoms with E-state index in [1.54, 1.807) is 6.07 Å². The third-order valence-corrected chi connectivity index (χ3v) is 5.98. The first-order valence-electron chi connectivity index (χ1n) is 10.6. The number of carbonyl (C=O) groups excluding carboxylic acids is 2. The minimum atomic E-state index is -1.12. The summed E-state index contributed by atoms with van der Waals surface area (Å²) in [6.07, 6.45) is 3.71. The van der Waals surface area contributed by atoms with E-state index in [0.29, 0.717) is 5.95 Å². The number of nitro groups is 1. The predicted octanol–water partition coefficient (Wildman–Crippen LogP) is 2.51. The van der Waals surface area contributed by atoms with E-state index in [9.17, 15) is 24.5 Å². The number of rotatable bonds is 5. The highest BCUT2D eigenvalue weighted by molar-refractivity contribution is 6.05. The lowest BCUT2D eigenvalue weighted by Crippen LogP contribution is -2.43.